The minimum Gasteiger partial charge on any atom is -0.491 e. The van der Waals surface area contributed by atoms with Gasteiger partial charge in [0.25, 0.3) is 0 Å². The van der Waals surface area contributed by atoms with Crippen molar-refractivity contribution in [1.29, 1.82) is 5.26 Å². The van der Waals surface area contributed by atoms with Gasteiger partial charge in [0.05, 0.1) is 17.7 Å². The van der Waals surface area contributed by atoms with Gasteiger partial charge in [0, 0.05) is 23.9 Å². The van der Waals surface area contributed by atoms with Crippen LogP contribution < -0.4 is 10.1 Å². The summed E-state index contributed by atoms with van der Waals surface area (Å²) in [6.45, 7) is 7.77. The summed E-state index contributed by atoms with van der Waals surface area (Å²) in [5.74, 6) is 0.709. The van der Waals surface area contributed by atoms with Crippen LogP contribution in [-0.2, 0) is 6.54 Å². The minimum absolute atomic E-state index is 0.0739. The van der Waals surface area contributed by atoms with Crippen molar-refractivity contribution in [2.75, 3.05) is 6.61 Å². The number of nitrogens with one attached hydrogen (secondary N) is 1. The van der Waals surface area contributed by atoms with E-state index in [2.05, 4.69) is 32.2 Å². The molecule has 0 heterocycles. The Balaban J connectivity index is 1.92. The van der Waals surface area contributed by atoms with E-state index < -0.39 is 0 Å². The molecule has 1 aromatic carbocycles. The molecule has 0 unspecified atom stereocenters. The number of halogens is 1. The first-order chi connectivity index (χ1) is 9.84. The monoisotopic (exact) mass is 306 g/mol. The standard InChI is InChI=1S/C17H23ClN2O/c1-16(2,3)20-11-13-4-5-15(14(18)10-13)21-12-17(6-7-17)8-9-19/h4-5,10,20H,6-8,11-12H2,1-3H3. The lowest BCUT2D eigenvalue weighted by atomic mass is 10.1. The van der Waals surface area contributed by atoms with Crippen LogP contribution in [0.3, 0.4) is 0 Å². The second kappa shape index (κ2) is 6.25. The Hall–Kier alpha value is -1.24. The topological polar surface area (TPSA) is 45.0 Å². The Morgan fingerprint density at radius 3 is 2.62 bits per heavy atom. The van der Waals surface area contributed by atoms with E-state index in [1.54, 1.807) is 0 Å². The van der Waals surface area contributed by atoms with Crippen LogP contribution in [0, 0.1) is 16.7 Å². The Labute approximate surface area is 132 Å². The predicted octanol–water partition coefficient (Wildman–Crippen LogP) is 4.30. The van der Waals surface area contributed by atoms with Crippen LogP contribution in [-0.4, -0.2) is 12.1 Å². The zero-order valence-corrected chi connectivity index (χ0v) is 13.8. The molecular formula is C17H23ClN2O. The molecule has 2 rings (SSSR count). The van der Waals surface area contributed by atoms with Crippen LogP contribution in [0.15, 0.2) is 18.2 Å². The molecule has 1 aliphatic carbocycles. The number of rotatable bonds is 6. The summed E-state index contributed by atoms with van der Waals surface area (Å²) in [4.78, 5) is 0. The maximum Gasteiger partial charge on any atom is 0.137 e. The van der Waals surface area contributed by atoms with E-state index in [0.717, 1.165) is 24.9 Å². The van der Waals surface area contributed by atoms with Crippen molar-refractivity contribution in [3.8, 4) is 11.8 Å². The maximum absolute atomic E-state index is 8.82. The molecule has 0 amide bonds. The molecule has 21 heavy (non-hydrogen) atoms. The first-order valence-electron chi connectivity index (χ1n) is 7.37. The smallest absolute Gasteiger partial charge is 0.137 e. The maximum atomic E-state index is 8.82. The lowest BCUT2D eigenvalue weighted by Crippen LogP contribution is -2.35. The summed E-state index contributed by atoms with van der Waals surface area (Å²) in [7, 11) is 0. The van der Waals surface area contributed by atoms with E-state index in [0.29, 0.717) is 23.8 Å². The van der Waals surface area contributed by atoms with Crippen molar-refractivity contribution < 1.29 is 4.74 Å². The van der Waals surface area contributed by atoms with Gasteiger partial charge in [-0.1, -0.05) is 17.7 Å². The van der Waals surface area contributed by atoms with Gasteiger partial charge in [-0.05, 0) is 51.3 Å². The normalized spacial score (nSPS) is 16.3. The van der Waals surface area contributed by atoms with E-state index >= 15 is 0 Å². The summed E-state index contributed by atoms with van der Waals surface area (Å²) in [6.07, 6.45) is 2.72. The average molecular weight is 307 g/mol. The van der Waals surface area contributed by atoms with E-state index in [9.17, 15) is 0 Å². The van der Waals surface area contributed by atoms with Crippen LogP contribution in [0.1, 0.15) is 45.6 Å². The van der Waals surface area contributed by atoms with Crippen molar-refractivity contribution in [3.63, 3.8) is 0 Å². The van der Waals surface area contributed by atoms with Crippen molar-refractivity contribution in [2.24, 2.45) is 5.41 Å². The molecule has 1 aromatic rings. The lowest BCUT2D eigenvalue weighted by Gasteiger charge is -2.21. The fourth-order valence-electron chi connectivity index (χ4n) is 2.09. The molecule has 114 valence electrons. The number of nitrogens with zero attached hydrogens (tertiary/aromatic N) is 1. The zero-order chi connectivity index (χ0) is 15.5. The van der Waals surface area contributed by atoms with Gasteiger partial charge in [-0.15, -0.1) is 0 Å². The van der Waals surface area contributed by atoms with Gasteiger partial charge in [-0.2, -0.15) is 5.26 Å². The molecule has 1 aliphatic rings. The molecule has 4 heteroatoms. The van der Waals surface area contributed by atoms with Crippen molar-refractivity contribution in [3.05, 3.63) is 28.8 Å². The van der Waals surface area contributed by atoms with E-state index in [4.69, 9.17) is 21.6 Å². The van der Waals surface area contributed by atoms with Crippen molar-refractivity contribution in [1.82, 2.24) is 5.32 Å². The number of hydrogen-bond acceptors (Lipinski definition) is 3. The second-order valence-corrected chi connectivity index (χ2v) is 7.40. The number of ether oxygens (including phenoxy) is 1. The van der Waals surface area contributed by atoms with E-state index in [-0.39, 0.29) is 11.0 Å². The van der Waals surface area contributed by atoms with Gasteiger partial charge in [0.15, 0.2) is 0 Å². The first kappa shape index (κ1) is 16.1. The Morgan fingerprint density at radius 1 is 1.38 bits per heavy atom. The molecule has 0 spiro atoms. The molecule has 1 fully saturated rings. The number of nitriles is 1. The highest BCUT2D eigenvalue weighted by Gasteiger charge is 2.43. The molecule has 0 aromatic heterocycles. The molecule has 3 nitrogen and oxygen atoms in total. The van der Waals surface area contributed by atoms with Crippen LogP contribution in [0.2, 0.25) is 5.02 Å². The van der Waals surface area contributed by atoms with Crippen LogP contribution in [0.4, 0.5) is 0 Å². The van der Waals surface area contributed by atoms with Crippen LogP contribution in [0.25, 0.3) is 0 Å². The summed E-state index contributed by atoms with van der Waals surface area (Å²) in [6, 6.07) is 8.14. The van der Waals surface area contributed by atoms with Gasteiger partial charge in [-0.25, -0.2) is 0 Å². The summed E-state index contributed by atoms with van der Waals surface area (Å²) in [5.41, 5.74) is 1.29. The molecule has 0 radical (unpaired) electrons. The highest BCUT2D eigenvalue weighted by molar-refractivity contribution is 6.32. The highest BCUT2D eigenvalue weighted by atomic mass is 35.5. The fourth-order valence-corrected chi connectivity index (χ4v) is 2.34. The Bertz CT molecular complexity index is 539. The average Bonchev–Trinajstić information content (AvgIpc) is 3.15. The van der Waals surface area contributed by atoms with E-state index in [1.807, 2.05) is 18.2 Å². The van der Waals surface area contributed by atoms with Gasteiger partial charge in [-0.3, -0.25) is 0 Å². The first-order valence-corrected chi connectivity index (χ1v) is 7.75. The largest absolute Gasteiger partial charge is 0.491 e. The number of benzene rings is 1. The lowest BCUT2D eigenvalue weighted by molar-refractivity contribution is 0.237. The molecule has 1 saturated carbocycles. The SMILES string of the molecule is CC(C)(C)NCc1ccc(OCC2(CC#N)CC2)c(Cl)c1. The third kappa shape index (κ3) is 4.91. The van der Waals surface area contributed by atoms with Crippen LogP contribution >= 0.6 is 11.6 Å². The molecule has 0 aliphatic heterocycles. The molecular weight excluding hydrogens is 284 g/mol. The highest BCUT2D eigenvalue weighted by Crippen LogP contribution is 2.49. The van der Waals surface area contributed by atoms with Crippen molar-refractivity contribution in [2.45, 2.75) is 52.1 Å². The molecule has 1 N–H and O–H groups in total. The molecule has 0 saturated heterocycles. The summed E-state index contributed by atoms with van der Waals surface area (Å²) >= 11 is 6.29. The quantitative estimate of drug-likeness (QED) is 0.852. The Kier molecular flexibility index (Phi) is 4.81. The Morgan fingerprint density at radius 2 is 2.10 bits per heavy atom. The second-order valence-electron chi connectivity index (χ2n) is 6.99. The third-order valence-corrected chi connectivity index (χ3v) is 4.06. The summed E-state index contributed by atoms with van der Waals surface area (Å²) in [5, 5.41) is 12.9. The predicted molar refractivity (Wildman–Crippen MR) is 85.4 cm³/mol. The zero-order valence-electron chi connectivity index (χ0n) is 13.0. The van der Waals surface area contributed by atoms with Gasteiger partial charge < -0.3 is 10.1 Å². The van der Waals surface area contributed by atoms with E-state index in [1.165, 1.54) is 0 Å². The van der Waals surface area contributed by atoms with Gasteiger partial charge in [0.2, 0.25) is 0 Å². The molecule has 0 atom stereocenters. The van der Waals surface area contributed by atoms with Gasteiger partial charge in [0.1, 0.15) is 5.75 Å². The minimum atomic E-state index is 0.0739. The van der Waals surface area contributed by atoms with Crippen LogP contribution in [0.5, 0.6) is 5.75 Å². The number of hydrogen-bond donors (Lipinski definition) is 1. The summed E-state index contributed by atoms with van der Waals surface area (Å²) < 4.78 is 5.81. The fraction of sp³-hybridized carbons (Fsp3) is 0.588. The molecule has 0 bridgehead atoms. The third-order valence-electron chi connectivity index (χ3n) is 3.76. The van der Waals surface area contributed by atoms with Crippen molar-refractivity contribution >= 4 is 11.6 Å². The van der Waals surface area contributed by atoms with Gasteiger partial charge >= 0.3 is 0 Å².